The van der Waals surface area contributed by atoms with Crippen molar-refractivity contribution in [1.82, 2.24) is 14.2 Å². The van der Waals surface area contributed by atoms with Gasteiger partial charge in [-0.15, -0.1) is 5.10 Å². The first kappa shape index (κ1) is 19.4. The molecule has 0 spiro atoms. The van der Waals surface area contributed by atoms with Gasteiger partial charge >= 0.3 is 0 Å². The van der Waals surface area contributed by atoms with Crippen molar-refractivity contribution in [3.63, 3.8) is 0 Å². The van der Waals surface area contributed by atoms with E-state index < -0.39 is 5.82 Å². The van der Waals surface area contributed by atoms with Gasteiger partial charge in [-0.3, -0.25) is 9.36 Å². The molecule has 0 amide bonds. The number of nitrogens with zero attached hydrogens (tertiary/aromatic N) is 3. The van der Waals surface area contributed by atoms with E-state index in [1.54, 1.807) is 11.6 Å². The van der Waals surface area contributed by atoms with E-state index in [-0.39, 0.29) is 22.2 Å². The molecule has 7 heteroatoms. The highest BCUT2D eigenvalue weighted by atomic mass is 35.5. The lowest BCUT2D eigenvalue weighted by atomic mass is 9.97. The zero-order valence-corrected chi connectivity index (χ0v) is 16.9. The molecule has 1 aromatic carbocycles. The number of hydrogen-bond acceptors (Lipinski definition) is 3. The van der Waals surface area contributed by atoms with Crippen LogP contribution in [0.1, 0.15) is 43.9 Å². The molecule has 1 atom stereocenters. The number of fused-ring (bicyclic) bond motifs is 1. The summed E-state index contributed by atoms with van der Waals surface area (Å²) in [6, 6.07) is 4.64. The van der Waals surface area contributed by atoms with Crippen LogP contribution in [-0.2, 0) is 7.05 Å². The van der Waals surface area contributed by atoms with Gasteiger partial charge in [-0.25, -0.2) is 8.91 Å². The van der Waals surface area contributed by atoms with Crippen LogP contribution in [0.3, 0.4) is 0 Å². The van der Waals surface area contributed by atoms with Crippen LogP contribution in [0, 0.1) is 12.7 Å². The molecule has 0 aliphatic rings. The van der Waals surface area contributed by atoms with Gasteiger partial charge in [0.25, 0.3) is 5.56 Å². The van der Waals surface area contributed by atoms with E-state index in [2.05, 4.69) is 18.9 Å². The fourth-order valence-electron chi connectivity index (χ4n) is 3.47. The van der Waals surface area contributed by atoms with Crippen molar-refractivity contribution in [3.05, 3.63) is 50.7 Å². The van der Waals surface area contributed by atoms with E-state index in [0.717, 1.165) is 24.1 Å². The Balaban J connectivity index is 2.29. The maximum absolute atomic E-state index is 14.2. The van der Waals surface area contributed by atoms with E-state index >= 15 is 0 Å². The summed E-state index contributed by atoms with van der Waals surface area (Å²) in [4.78, 5) is 13.1. The van der Waals surface area contributed by atoms with Crippen molar-refractivity contribution in [1.29, 1.82) is 0 Å². The molecule has 27 heavy (non-hydrogen) atoms. The van der Waals surface area contributed by atoms with Gasteiger partial charge in [0.2, 0.25) is 0 Å². The lowest BCUT2D eigenvalue weighted by Gasteiger charge is -2.13. The quantitative estimate of drug-likeness (QED) is 0.632. The highest BCUT2D eigenvalue weighted by Gasteiger charge is 2.21. The summed E-state index contributed by atoms with van der Waals surface area (Å²) in [6.07, 6.45) is 2.02. The number of ether oxygens (including phenoxy) is 1. The second kappa shape index (κ2) is 7.35. The Morgan fingerprint density at radius 3 is 2.67 bits per heavy atom. The summed E-state index contributed by atoms with van der Waals surface area (Å²) in [5.74, 6) is 0.0314. The monoisotopic (exact) mass is 391 g/mol. The number of benzene rings is 1. The zero-order chi connectivity index (χ0) is 19.9. The molecule has 3 aromatic rings. The first-order chi connectivity index (χ1) is 12.8. The summed E-state index contributed by atoms with van der Waals surface area (Å²) >= 11 is 6.32. The van der Waals surface area contributed by atoms with Gasteiger partial charge in [0.15, 0.2) is 17.4 Å². The van der Waals surface area contributed by atoms with E-state index in [1.807, 2.05) is 13.0 Å². The third-order valence-corrected chi connectivity index (χ3v) is 5.25. The zero-order valence-electron chi connectivity index (χ0n) is 16.1. The van der Waals surface area contributed by atoms with Crippen LogP contribution in [-0.4, -0.2) is 21.3 Å². The Kier molecular flexibility index (Phi) is 5.29. The first-order valence-electron chi connectivity index (χ1n) is 8.92. The number of hydrogen-bond donors (Lipinski definition) is 0. The van der Waals surface area contributed by atoms with Crippen molar-refractivity contribution in [3.8, 4) is 17.1 Å². The van der Waals surface area contributed by atoms with Crippen molar-refractivity contribution in [2.24, 2.45) is 7.05 Å². The van der Waals surface area contributed by atoms with E-state index in [0.29, 0.717) is 16.9 Å². The van der Waals surface area contributed by atoms with Crippen LogP contribution in [0.5, 0.6) is 5.75 Å². The molecule has 3 rings (SSSR count). The van der Waals surface area contributed by atoms with Crippen LogP contribution >= 0.6 is 11.6 Å². The van der Waals surface area contributed by atoms with Gasteiger partial charge in [0.1, 0.15) is 5.52 Å². The minimum atomic E-state index is -0.562. The molecule has 0 radical (unpaired) electrons. The van der Waals surface area contributed by atoms with Gasteiger partial charge < -0.3 is 4.74 Å². The number of aryl methyl sites for hydroxylation is 1. The fourth-order valence-corrected chi connectivity index (χ4v) is 3.71. The summed E-state index contributed by atoms with van der Waals surface area (Å²) in [7, 11) is 3.00. The Bertz CT molecular complexity index is 1070. The minimum absolute atomic E-state index is 0.0441. The fraction of sp³-hybridized carbons (Fsp3) is 0.400. The lowest BCUT2D eigenvalue weighted by molar-refractivity contribution is 0.386. The third kappa shape index (κ3) is 3.23. The van der Waals surface area contributed by atoms with Crippen molar-refractivity contribution in [2.45, 2.75) is 39.5 Å². The smallest absolute Gasteiger partial charge is 0.278 e. The second-order valence-corrected chi connectivity index (χ2v) is 7.25. The molecule has 2 aromatic heterocycles. The molecular weight excluding hydrogens is 369 g/mol. The Morgan fingerprint density at radius 1 is 1.33 bits per heavy atom. The molecule has 0 N–H and O–H groups in total. The van der Waals surface area contributed by atoms with Gasteiger partial charge in [0, 0.05) is 24.4 Å². The molecule has 0 bridgehead atoms. The maximum Gasteiger partial charge on any atom is 0.278 e. The Labute approximate surface area is 162 Å². The molecule has 0 saturated carbocycles. The average Bonchev–Trinajstić information content (AvgIpc) is 2.97. The van der Waals surface area contributed by atoms with Crippen LogP contribution in [0.15, 0.2) is 23.0 Å². The molecule has 0 aliphatic heterocycles. The third-order valence-electron chi connectivity index (χ3n) is 4.94. The molecule has 0 saturated heterocycles. The van der Waals surface area contributed by atoms with E-state index in [4.69, 9.17) is 16.3 Å². The average molecular weight is 392 g/mol. The van der Waals surface area contributed by atoms with Crippen LogP contribution in [0.2, 0.25) is 5.02 Å². The predicted molar refractivity (Wildman–Crippen MR) is 105 cm³/mol. The molecule has 2 heterocycles. The summed E-state index contributed by atoms with van der Waals surface area (Å²) in [5.41, 5.74) is 2.56. The van der Waals surface area contributed by atoms with Crippen LogP contribution in [0.4, 0.5) is 4.39 Å². The number of methoxy groups -OCH3 is 1. The predicted octanol–water partition coefficient (Wildman–Crippen LogP) is 4.71. The normalized spacial score (nSPS) is 12.6. The number of aromatic nitrogens is 3. The molecule has 5 nitrogen and oxygen atoms in total. The van der Waals surface area contributed by atoms with Gasteiger partial charge in [-0.05, 0) is 37.0 Å². The molecule has 0 fully saturated rings. The molecule has 144 valence electrons. The lowest BCUT2D eigenvalue weighted by Crippen LogP contribution is -2.24. The molecule has 0 aliphatic carbocycles. The standard InChI is InChI=1S/C20H23ClFN3O2/c1-6-7-11(2)13-8-12(3)25-18(13)20(26)24(4)19(23-25)14-9-16(22)17(27-5)10-15(14)21/h8-11H,6-7H2,1-5H3. The van der Waals surface area contributed by atoms with Crippen molar-refractivity contribution >= 4 is 17.1 Å². The number of rotatable bonds is 5. The van der Waals surface area contributed by atoms with Crippen LogP contribution < -0.4 is 10.3 Å². The van der Waals surface area contributed by atoms with Crippen molar-refractivity contribution in [2.75, 3.05) is 7.11 Å². The summed E-state index contributed by atoms with van der Waals surface area (Å²) < 4.78 is 22.2. The molecule has 1 unspecified atom stereocenters. The van der Waals surface area contributed by atoms with E-state index in [9.17, 15) is 9.18 Å². The topological polar surface area (TPSA) is 48.5 Å². The summed E-state index contributed by atoms with van der Waals surface area (Å²) in [6.45, 7) is 6.14. The maximum atomic E-state index is 14.2. The highest BCUT2D eigenvalue weighted by molar-refractivity contribution is 6.33. The Morgan fingerprint density at radius 2 is 2.04 bits per heavy atom. The largest absolute Gasteiger partial charge is 0.494 e. The van der Waals surface area contributed by atoms with Gasteiger partial charge in [0.05, 0.1) is 12.1 Å². The van der Waals surface area contributed by atoms with E-state index in [1.165, 1.54) is 23.8 Å². The second-order valence-electron chi connectivity index (χ2n) is 6.85. The van der Waals surface area contributed by atoms with Crippen LogP contribution in [0.25, 0.3) is 16.9 Å². The van der Waals surface area contributed by atoms with Gasteiger partial charge in [-0.1, -0.05) is 31.9 Å². The SMILES string of the molecule is CCCC(C)c1cc(C)n2nc(-c3cc(F)c(OC)cc3Cl)n(C)c(=O)c12. The minimum Gasteiger partial charge on any atom is -0.494 e. The Hall–Kier alpha value is -2.34. The first-order valence-corrected chi connectivity index (χ1v) is 9.30. The van der Waals surface area contributed by atoms with Crippen molar-refractivity contribution < 1.29 is 9.13 Å². The summed E-state index contributed by atoms with van der Waals surface area (Å²) in [5, 5.41) is 4.88. The molecular formula is C20H23ClFN3O2. The van der Waals surface area contributed by atoms with Gasteiger partial charge in [-0.2, -0.15) is 0 Å². The highest BCUT2D eigenvalue weighted by Crippen LogP contribution is 2.33. The number of halogens is 2.